The molecule has 1 fully saturated rings. The van der Waals surface area contributed by atoms with Gasteiger partial charge in [-0.1, -0.05) is 162 Å². The van der Waals surface area contributed by atoms with E-state index in [1.165, 1.54) is 48.8 Å². The summed E-state index contributed by atoms with van der Waals surface area (Å²) in [6.45, 7) is 9.38. The summed E-state index contributed by atoms with van der Waals surface area (Å²) < 4.78 is 37.1. The van der Waals surface area contributed by atoms with Gasteiger partial charge in [0.2, 0.25) is 0 Å². The fourth-order valence-corrected chi connectivity index (χ4v) is 8.67. The van der Waals surface area contributed by atoms with Gasteiger partial charge in [0, 0.05) is 0 Å². The van der Waals surface area contributed by atoms with E-state index in [1.807, 2.05) is 6.07 Å². The van der Waals surface area contributed by atoms with E-state index in [1.54, 1.807) is 0 Å². The van der Waals surface area contributed by atoms with E-state index in [-0.39, 0.29) is 35.0 Å². The maximum absolute atomic E-state index is 9.62. The molecule has 6 aromatic carbocycles. The lowest BCUT2D eigenvalue weighted by atomic mass is 9.60. The van der Waals surface area contributed by atoms with Crippen LogP contribution in [0.4, 0.5) is 0 Å². The van der Waals surface area contributed by atoms with E-state index in [4.69, 9.17) is 2.74 Å². The summed E-state index contributed by atoms with van der Waals surface area (Å²) in [7, 11) is 0. The molecule has 0 saturated heterocycles. The SMILES string of the molecule is [2H]c1c([2H])c([2H])c2c(-c3c(-c4ccccc4)ccc4c3C(C)(C)CCC4(C)C)c3ccccc3c(-c3ccc(C4CCCCC4)cc3)c2c1[2H]. The lowest BCUT2D eigenvalue weighted by molar-refractivity contribution is 0.333. The van der Waals surface area contributed by atoms with Crippen LogP contribution in [-0.2, 0) is 10.8 Å². The predicted octanol–water partition coefficient (Wildman–Crippen LogP) is 13.4. The smallest absolute Gasteiger partial charge is 0.0622 e. The van der Waals surface area contributed by atoms with Crippen LogP contribution in [0, 0.1) is 0 Å². The molecule has 0 aliphatic heterocycles. The van der Waals surface area contributed by atoms with E-state index in [0.29, 0.717) is 16.7 Å². The van der Waals surface area contributed by atoms with Crippen LogP contribution < -0.4 is 0 Å². The fourth-order valence-electron chi connectivity index (χ4n) is 8.67. The lowest BCUT2D eigenvalue weighted by Gasteiger charge is -2.44. The van der Waals surface area contributed by atoms with Gasteiger partial charge in [0.1, 0.15) is 0 Å². The van der Waals surface area contributed by atoms with Gasteiger partial charge in [-0.3, -0.25) is 0 Å². The van der Waals surface area contributed by atoms with Crippen molar-refractivity contribution in [2.75, 3.05) is 0 Å². The lowest BCUT2D eigenvalue weighted by Crippen LogP contribution is -2.34. The zero-order chi connectivity index (χ0) is 34.9. The zero-order valence-corrected chi connectivity index (χ0v) is 27.7. The molecule has 0 amide bonds. The van der Waals surface area contributed by atoms with Gasteiger partial charge in [0.05, 0.1) is 5.48 Å². The van der Waals surface area contributed by atoms with Crippen LogP contribution in [-0.4, -0.2) is 0 Å². The molecular formula is C46H46. The Morgan fingerprint density at radius 1 is 0.543 bits per heavy atom. The second kappa shape index (κ2) is 11.3. The first-order valence-electron chi connectivity index (χ1n) is 19.3. The first kappa shape index (κ1) is 25.0. The Balaban J connectivity index is 1.55. The maximum Gasteiger partial charge on any atom is 0.0629 e. The quantitative estimate of drug-likeness (QED) is 0.176. The fraction of sp³-hybridized carbons (Fsp3) is 0.304. The van der Waals surface area contributed by atoms with Crippen molar-refractivity contribution >= 4 is 21.5 Å². The van der Waals surface area contributed by atoms with Gasteiger partial charge in [-0.05, 0) is 114 Å². The van der Waals surface area contributed by atoms with Gasteiger partial charge >= 0.3 is 0 Å². The molecule has 230 valence electrons. The molecule has 2 aliphatic carbocycles. The molecular weight excluding hydrogens is 553 g/mol. The van der Waals surface area contributed by atoms with Gasteiger partial charge in [-0.25, -0.2) is 0 Å². The summed E-state index contributed by atoms with van der Waals surface area (Å²) in [6.07, 6.45) is 8.44. The van der Waals surface area contributed by atoms with Crippen LogP contribution in [0.5, 0.6) is 0 Å². The summed E-state index contributed by atoms with van der Waals surface area (Å²) in [6, 6.07) is 32.1. The minimum absolute atomic E-state index is 0.0185. The Morgan fingerprint density at radius 3 is 1.85 bits per heavy atom. The number of fused-ring (bicyclic) bond motifs is 3. The largest absolute Gasteiger partial charge is 0.0629 e. The third kappa shape index (κ3) is 4.80. The van der Waals surface area contributed by atoms with Gasteiger partial charge in [0.25, 0.3) is 0 Å². The molecule has 0 spiro atoms. The summed E-state index contributed by atoms with van der Waals surface area (Å²) >= 11 is 0. The van der Waals surface area contributed by atoms with E-state index >= 15 is 0 Å². The third-order valence-electron chi connectivity index (χ3n) is 11.3. The molecule has 0 radical (unpaired) electrons. The molecule has 8 rings (SSSR count). The van der Waals surface area contributed by atoms with Crippen LogP contribution in [0.25, 0.3) is 54.9 Å². The van der Waals surface area contributed by atoms with Crippen LogP contribution in [0.15, 0.2) is 115 Å². The molecule has 0 aromatic heterocycles. The highest BCUT2D eigenvalue weighted by molar-refractivity contribution is 6.22. The van der Waals surface area contributed by atoms with Crippen molar-refractivity contribution in [2.24, 2.45) is 0 Å². The number of hydrogen-bond donors (Lipinski definition) is 0. The van der Waals surface area contributed by atoms with Crippen LogP contribution >= 0.6 is 0 Å². The van der Waals surface area contributed by atoms with Crippen molar-refractivity contribution in [3.8, 4) is 33.4 Å². The minimum atomic E-state index is -0.191. The highest BCUT2D eigenvalue weighted by atomic mass is 14.4. The van der Waals surface area contributed by atoms with Gasteiger partial charge in [-0.2, -0.15) is 0 Å². The molecule has 2 aliphatic rings. The number of benzene rings is 6. The Hall–Kier alpha value is -4.16. The van der Waals surface area contributed by atoms with Crippen molar-refractivity contribution in [1.82, 2.24) is 0 Å². The second-order valence-electron chi connectivity index (χ2n) is 15.0. The average Bonchev–Trinajstić information content (AvgIpc) is 3.14. The summed E-state index contributed by atoms with van der Waals surface area (Å²) in [5, 5.41) is 3.22. The Morgan fingerprint density at radius 2 is 1.15 bits per heavy atom. The molecule has 6 aromatic rings. The molecule has 0 heterocycles. The molecule has 0 unspecified atom stereocenters. The first-order chi connectivity index (χ1) is 24.0. The maximum atomic E-state index is 9.62. The van der Waals surface area contributed by atoms with E-state index < -0.39 is 0 Å². The number of hydrogen-bond acceptors (Lipinski definition) is 0. The van der Waals surface area contributed by atoms with E-state index in [2.05, 4.69) is 113 Å². The Kier molecular flexibility index (Phi) is 6.12. The van der Waals surface area contributed by atoms with Crippen molar-refractivity contribution in [2.45, 2.75) is 89.4 Å². The van der Waals surface area contributed by atoms with E-state index in [0.717, 1.165) is 57.0 Å². The molecule has 0 N–H and O–H groups in total. The molecule has 0 bridgehead atoms. The minimum Gasteiger partial charge on any atom is -0.0622 e. The molecule has 1 saturated carbocycles. The summed E-state index contributed by atoms with van der Waals surface area (Å²) in [4.78, 5) is 0. The Bertz CT molecular complexity index is 2270. The Labute approximate surface area is 281 Å². The highest BCUT2D eigenvalue weighted by Crippen LogP contribution is 2.55. The van der Waals surface area contributed by atoms with Crippen LogP contribution in [0.1, 0.15) is 101 Å². The second-order valence-corrected chi connectivity index (χ2v) is 15.0. The molecule has 0 heteroatoms. The van der Waals surface area contributed by atoms with Crippen molar-refractivity contribution in [3.05, 3.63) is 132 Å². The van der Waals surface area contributed by atoms with Crippen molar-refractivity contribution in [3.63, 3.8) is 0 Å². The van der Waals surface area contributed by atoms with E-state index in [9.17, 15) is 2.74 Å². The zero-order valence-electron chi connectivity index (χ0n) is 31.7. The molecule has 0 nitrogen and oxygen atoms in total. The summed E-state index contributed by atoms with van der Waals surface area (Å²) in [5.74, 6) is 0.583. The normalized spacial score (nSPS) is 18.9. The van der Waals surface area contributed by atoms with Crippen molar-refractivity contribution < 1.29 is 5.48 Å². The molecule has 0 atom stereocenters. The van der Waals surface area contributed by atoms with Gasteiger partial charge in [0.15, 0.2) is 0 Å². The van der Waals surface area contributed by atoms with Crippen LogP contribution in [0.3, 0.4) is 0 Å². The van der Waals surface area contributed by atoms with Gasteiger partial charge < -0.3 is 0 Å². The number of rotatable bonds is 4. The molecule has 46 heavy (non-hydrogen) atoms. The predicted molar refractivity (Wildman–Crippen MR) is 199 cm³/mol. The third-order valence-corrected chi connectivity index (χ3v) is 11.3. The highest BCUT2D eigenvalue weighted by Gasteiger charge is 2.40. The first-order valence-corrected chi connectivity index (χ1v) is 17.3. The van der Waals surface area contributed by atoms with Crippen molar-refractivity contribution in [1.29, 1.82) is 0 Å². The average molecular weight is 603 g/mol. The standard InChI is InChI=1S/C46H46/c1-45(2)29-30-46(3,4)44-40(45)28-27-35(33-17-9-6-10-18-33)43(44)42-38-21-13-11-19-36(38)41(37-20-12-14-22-39(37)42)34-25-23-32(24-26-34)31-15-7-5-8-16-31/h6,9-14,17-28,31H,5,7-8,15-16,29-30H2,1-4H3/i11D,13D,19D,21D. The summed E-state index contributed by atoms with van der Waals surface area (Å²) in [5.41, 5.74) is 9.86. The van der Waals surface area contributed by atoms with Gasteiger partial charge in [-0.15, -0.1) is 0 Å². The monoisotopic (exact) mass is 602 g/mol. The topological polar surface area (TPSA) is 0 Å². The van der Waals surface area contributed by atoms with Crippen LogP contribution in [0.2, 0.25) is 0 Å².